The van der Waals surface area contributed by atoms with E-state index in [1.807, 2.05) is 18.2 Å². The maximum atomic E-state index is 10.9. The van der Waals surface area contributed by atoms with Gasteiger partial charge in [0.05, 0.1) is 11.3 Å². The molecule has 3 nitrogen and oxygen atoms in total. The molecule has 0 radical (unpaired) electrons. The average molecular weight is 337 g/mol. The number of nitrogens with two attached hydrogens (primary N) is 1. The van der Waals surface area contributed by atoms with E-state index < -0.39 is 5.97 Å². The summed E-state index contributed by atoms with van der Waals surface area (Å²) in [7, 11) is 0. The molecule has 116 valence electrons. The van der Waals surface area contributed by atoms with Gasteiger partial charge in [0.25, 0.3) is 0 Å². The van der Waals surface area contributed by atoms with Crippen LogP contribution in [0.25, 0.3) is 0 Å². The molecule has 0 atom stereocenters. The zero-order chi connectivity index (χ0) is 16.3. The molecule has 0 spiro atoms. The van der Waals surface area contributed by atoms with Gasteiger partial charge < -0.3 is 12.3 Å². The predicted octanol–water partition coefficient (Wildman–Crippen LogP) is 0.902. The predicted molar refractivity (Wildman–Crippen MR) is 94.6 cm³/mol. The Hall–Kier alpha value is -1.20. The molecule has 0 aliphatic rings. The van der Waals surface area contributed by atoms with Gasteiger partial charge in [-0.05, 0) is 22.6 Å². The number of aliphatic carboxylic acids is 1. The summed E-state index contributed by atoms with van der Waals surface area (Å²) in [6.07, 6.45) is -0.103. The summed E-state index contributed by atoms with van der Waals surface area (Å²) in [5.41, 5.74) is 10.0. The molecule has 2 rings (SSSR count). The van der Waals surface area contributed by atoms with Gasteiger partial charge in [0.1, 0.15) is 0 Å². The van der Waals surface area contributed by atoms with Gasteiger partial charge in [-0.15, -0.1) is 0 Å². The van der Waals surface area contributed by atoms with E-state index in [9.17, 15) is 4.79 Å². The first-order valence-corrected chi connectivity index (χ1v) is 7.54. The minimum atomic E-state index is -0.906. The van der Waals surface area contributed by atoms with Crippen LogP contribution in [0.15, 0.2) is 42.5 Å². The maximum Gasteiger partial charge on any atom is 1.00 e. The zero-order valence-corrected chi connectivity index (χ0v) is 16.5. The van der Waals surface area contributed by atoms with Crippen LogP contribution in [0.2, 0.25) is 0 Å². The number of anilines is 1. The third kappa shape index (κ3) is 4.88. The van der Waals surface area contributed by atoms with E-state index in [2.05, 4.69) is 26.0 Å². The fourth-order valence-corrected chi connectivity index (χ4v) is 2.62. The molecule has 0 saturated heterocycles. The number of carboxylic acids is 1. The van der Waals surface area contributed by atoms with Crippen molar-refractivity contribution in [2.24, 2.45) is 0 Å². The molecule has 2 aromatic rings. The second-order valence-electron chi connectivity index (χ2n) is 5.55. The molecule has 0 aromatic heterocycles. The van der Waals surface area contributed by atoms with E-state index in [4.69, 9.17) is 23.1 Å². The summed E-state index contributed by atoms with van der Waals surface area (Å²) < 4.78 is 0. The Labute approximate surface area is 165 Å². The van der Waals surface area contributed by atoms with E-state index in [0.29, 0.717) is 27.6 Å². The monoisotopic (exact) mass is 337 g/mol. The smallest absolute Gasteiger partial charge is 1.00 e. The summed E-state index contributed by atoms with van der Waals surface area (Å²) in [5, 5.41) is 8.93. The second-order valence-corrected chi connectivity index (χ2v) is 5.96. The summed E-state index contributed by atoms with van der Waals surface area (Å²) in [6, 6.07) is 13.4. The van der Waals surface area contributed by atoms with Crippen molar-refractivity contribution in [2.75, 3.05) is 5.73 Å². The molecule has 0 heterocycles. The number of nitrogen functional groups attached to an aromatic ring is 1. The third-order valence-corrected chi connectivity index (χ3v) is 4.08. The molecule has 23 heavy (non-hydrogen) atoms. The van der Waals surface area contributed by atoms with Crippen molar-refractivity contribution in [3.05, 3.63) is 64.7 Å². The van der Waals surface area contributed by atoms with Crippen LogP contribution in [-0.2, 0) is 11.2 Å². The zero-order valence-electron chi connectivity index (χ0n) is 14.7. The minimum absolute atomic E-state index is 0. The third-order valence-electron chi connectivity index (χ3n) is 3.62. The van der Waals surface area contributed by atoms with Gasteiger partial charge in [0.15, 0.2) is 0 Å². The molecular weight excluding hydrogens is 317 g/mol. The van der Waals surface area contributed by atoms with Gasteiger partial charge >= 0.3 is 35.5 Å². The first-order valence-electron chi connectivity index (χ1n) is 7.14. The Kier molecular flexibility index (Phi) is 7.42. The molecule has 0 unspecified atom stereocenters. The fourth-order valence-electron chi connectivity index (χ4n) is 2.30. The van der Waals surface area contributed by atoms with Crippen LogP contribution >= 0.6 is 12.2 Å². The van der Waals surface area contributed by atoms with Crippen LogP contribution in [-0.4, -0.2) is 15.9 Å². The summed E-state index contributed by atoms with van der Waals surface area (Å²) in [6.45, 7) is 4.28. The van der Waals surface area contributed by atoms with E-state index in [0.717, 1.165) is 5.56 Å². The van der Waals surface area contributed by atoms with Crippen LogP contribution < -0.4 is 35.3 Å². The van der Waals surface area contributed by atoms with E-state index >= 15 is 0 Å². The van der Waals surface area contributed by atoms with Gasteiger partial charge in [-0.3, -0.25) is 4.79 Å². The first-order chi connectivity index (χ1) is 10.4. The van der Waals surface area contributed by atoms with E-state index in [1.165, 1.54) is 5.56 Å². The number of carbonyl (C=O) groups is 1. The van der Waals surface area contributed by atoms with Gasteiger partial charge in [-0.2, -0.15) is 0 Å². The van der Waals surface area contributed by atoms with Crippen molar-refractivity contribution in [1.82, 2.24) is 0 Å². The average Bonchev–Trinajstić information content (AvgIpc) is 2.48. The SMILES string of the molecule is CC(C)c1ccc(C(=S)c2cccc(CC(=O)O)c2N)cc1.[H-].[Na+]. The molecule has 5 heteroatoms. The summed E-state index contributed by atoms with van der Waals surface area (Å²) in [4.78, 5) is 11.5. The maximum absolute atomic E-state index is 10.9. The quantitative estimate of drug-likeness (QED) is 0.368. The summed E-state index contributed by atoms with van der Waals surface area (Å²) in [5.74, 6) is -0.442. The molecule has 0 fully saturated rings. The van der Waals surface area contributed by atoms with Crippen molar-refractivity contribution >= 4 is 28.7 Å². The first kappa shape index (κ1) is 19.8. The Morgan fingerprint density at radius 1 is 1.22 bits per heavy atom. The topological polar surface area (TPSA) is 63.3 Å². The number of para-hydroxylation sites is 1. The van der Waals surface area contributed by atoms with Crippen molar-refractivity contribution in [1.29, 1.82) is 0 Å². The van der Waals surface area contributed by atoms with Crippen LogP contribution in [0.5, 0.6) is 0 Å². The number of rotatable bonds is 5. The molecule has 0 amide bonds. The summed E-state index contributed by atoms with van der Waals surface area (Å²) >= 11 is 5.53. The Balaban J connectivity index is 0.00000264. The normalized spacial score (nSPS) is 10.2. The number of hydrogen-bond acceptors (Lipinski definition) is 3. The Morgan fingerprint density at radius 3 is 2.35 bits per heavy atom. The molecule has 0 saturated carbocycles. The van der Waals surface area contributed by atoms with Gasteiger partial charge in [-0.25, -0.2) is 0 Å². The number of benzene rings is 2. The van der Waals surface area contributed by atoms with E-state index in [-0.39, 0.29) is 37.4 Å². The van der Waals surface area contributed by atoms with Crippen LogP contribution in [0, 0.1) is 0 Å². The molecular formula is C18H20NNaO2S. The standard InChI is InChI=1S/C18H19NO2S.Na.H/c1-11(2)12-6-8-13(9-7-12)18(22)15-5-3-4-14(17(15)19)10-16(20)21;;/h3-9,11H,10,19H2,1-2H3,(H,20,21);;/q;+1;-1. The van der Waals surface area contributed by atoms with Crippen molar-refractivity contribution < 1.29 is 40.9 Å². The Bertz CT molecular complexity index is 717. The molecule has 0 aliphatic carbocycles. The largest absolute Gasteiger partial charge is 1.00 e. The van der Waals surface area contributed by atoms with Crippen molar-refractivity contribution in [2.45, 2.75) is 26.2 Å². The molecule has 2 aromatic carbocycles. The number of carboxylic acid groups (broad SMARTS) is 1. The Morgan fingerprint density at radius 2 is 1.83 bits per heavy atom. The minimum Gasteiger partial charge on any atom is -1.00 e. The number of hydrogen-bond donors (Lipinski definition) is 2. The van der Waals surface area contributed by atoms with Gasteiger partial charge in [0, 0.05) is 11.3 Å². The van der Waals surface area contributed by atoms with E-state index in [1.54, 1.807) is 12.1 Å². The van der Waals surface area contributed by atoms with Crippen LogP contribution in [0.4, 0.5) is 5.69 Å². The molecule has 3 N–H and O–H groups in total. The van der Waals surface area contributed by atoms with Crippen molar-refractivity contribution in [3.8, 4) is 0 Å². The van der Waals surface area contributed by atoms with Crippen LogP contribution in [0.1, 0.15) is 43.4 Å². The fraction of sp³-hybridized carbons (Fsp3) is 0.222. The van der Waals surface area contributed by atoms with Gasteiger partial charge in [0.2, 0.25) is 0 Å². The molecule has 0 aliphatic heterocycles. The number of thiocarbonyl (C=S) groups is 1. The van der Waals surface area contributed by atoms with Crippen molar-refractivity contribution in [3.63, 3.8) is 0 Å². The van der Waals surface area contributed by atoms with Crippen LogP contribution in [0.3, 0.4) is 0 Å². The second kappa shape index (κ2) is 8.60. The van der Waals surface area contributed by atoms with Gasteiger partial charge in [-0.1, -0.05) is 68.5 Å². The molecule has 0 bridgehead atoms.